The molecule has 1 aromatic heterocycles. The van der Waals surface area contributed by atoms with E-state index in [0.29, 0.717) is 6.54 Å². The second kappa shape index (κ2) is 5.78. The number of amides is 2. The highest BCUT2D eigenvalue weighted by Gasteiger charge is 2.32. The normalized spacial score (nSPS) is 21.9. The van der Waals surface area contributed by atoms with Crippen molar-refractivity contribution >= 4 is 17.5 Å². The molecule has 0 aliphatic carbocycles. The van der Waals surface area contributed by atoms with E-state index in [1.54, 1.807) is 6.07 Å². The van der Waals surface area contributed by atoms with Crippen molar-refractivity contribution in [2.75, 3.05) is 31.1 Å². The molecule has 0 saturated carbocycles. The van der Waals surface area contributed by atoms with Crippen molar-refractivity contribution in [2.24, 2.45) is 0 Å². The summed E-state index contributed by atoms with van der Waals surface area (Å²) in [5.41, 5.74) is 0.800. The van der Waals surface area contributed by atoms with Crippen molar-refractivity contribution in [3.63, 3.8) is 0 Å². The number of aryl methyl sites for hydroxylation is 1. The highest BCUT2D eigenvalue weighted by atomic mass is 16.6. The van der Waals surface area contributed by atoms with Crippen LogP contribution in [0.2, 0.25) is 0 Å². The van der Waals surface area contributed by atoms with Gasteiger partial charge in [0.15, 0.2) is 0 Å². The minimum atomic E-state index is -0.433. The molecule has 8 heteroatoms. The van der Waals surface area contributed by atoms with E-state index in [2.05, 4.69) is 15.2 Å². The van der Waals surface area contributed by atoms with Crippen LogP contribution in [0.15, 0.2) is 12.3 Å². The largest absolute Gasteiger partial charge is 0.354 e. The van der Waals surface area contributed by atoms with Crippen molar-refractivity contribution in [1.82, 2.24) is 15.2 Å². The molecule has 8 nitrogen and oxygen atoms in total. The first-order chi connectivity index (χ1) is 10.6. The lowest BCUT2D eigenvalue weighted by atomic mass is 10.0. The van der Waals surface area contributed by atoms with Gasteiger partial charge in [-0.25, -0.2) is 9.78 Å². The molecule has 3 rings (SSSR count). The first kappa shape index (κ1) is 14.6. The molecule has 0 radical (unpaired) electrons. The Kier molecular flexibility index (Phi) is 3.82. The predicted molar refractivity (Wildman–Crippen MR) is 81.0 cm³/mol. The molecule has 2 fully saturated rings. The van der Waals surface area contributed by atoms with Gasteiger partial charge in [0.05, 0.1) is 11.0 Å². The summed E-state index contributed by atoms with van der Waals surface area (Å²) in [6, 6.07) is 1.72. The maximum atomic E-state index is 11.8. The SMILES string of the molecule is Cc1cc([N+](=O)[O-])cnc1N1CCCC(N2CCNC2=O)C1. The third-order valence-corrected chi connectivity index (χ3v) is 4.27. The first-order valence-corrected chi connectivity index (χ1v) is 7.46. The Morgan fingerprint density at radius 3 is 2.91 bits per heavy atom. The number of piperidine rings is 1. The highest BCUT2D eigenvalue weighted by molar-refractivity contribution is 5.76. The van der Waals surface area contributed by atoms with Gasteiger partial charge < -0.3 is 15.1 Å². The van der Waals surface area contributed by atoms with Gasteiger partial charge in [0.1, 0.15) is 12.0 Å². The topological polar surface area (TPSA) is 91.6 Å². The van der Waals surface area contributed by atoms with Crippen LogP contribution in [0, 0.1) is 17.0 Å². The Labute approximate surface area is 128 Å². The molecule has 0 bridgehead atoms. The molecule has 1 atom stereocenters. The molecule has 2 amide bonds. The first-order valence-electron chi connectivity index (χ1n) is 7.46. The second-order valence-corrected chi connectivity index (χ2v) is 5.76. The maximum absolute atomic E-state index is 11.8. The zero-order chi connectivity index (χ0) is 15.7. The summed E-state index contributed by atoms with van der Waals surface area (Å²) >= 11 is 0. The van der Waals surface area contributed by atoms with E-state index in [-0.39, 0.29) is 17.8 Å². The molecule has 3 heterocycles. The summed E-state index contributed by atoms with van der Waals surface area (Å²) in [6.07, 6.45) is 3.26. The van der Waals surface area contributed by atoms with Gasteiger partial charge in [-0.3, -0.25) is 10.1 Å². The number of anilines is 1. The summed E-state index contributed by atoms with van der Waals surface area (Å²) in [4.78, 5) is 30.5. The van der Waals surface area contributed by atoms with Crippen molar-refractivity contribution < 1.29 is 9.72 Å². The van der Waals surface area contributed by atoms with E-state index in [0.717, 1.165) is 43.9 Å². The lowest BCUT2D eigenvalue weighted by Gasteiger charge is -2.38. The van der Waals surface area contributed by atoms with E-state index in [4.69, 9.17) is 0 Å². The maximum Gasteiger partial charge on any atom is 0.317 e. The lowest BCUT2D eigenvalue weighted by Crippen LogP contribution is -2.49. The van der Waals surface area contributed by atoms with E-state index in [1.165, 1.54) is 6.20 Å². The lowest BCUT2D eigenvalue weighted by molar-refractivity contribution is -0.385. The van der Waals surface area contributed by atoms with Gasteiger partial charge in [0.2, 0.25) is 0 Å². The number of carbonyl (C=O) groups is 1. The van der Waals surface area contributed by atoms with Crippen LogP contribution in [0.3, 0.4) is 0 Å². The average molecular weight is 305 g/mol. The Morgan fingerprint density at radius 1 is 1.45 bits per heavy atom. The number of carbonyl (C=O) groups excluding carboxylic acids is 1. The molecule has 1 N–H and O–H groups in total. The minimum absolute atomic E-state index is 0.000214. The number of urea groups is 1. The number of aromatic nitrogens is 1. The molecular weight excluding hydrogens is 286 g/mol. The molecule has 2 aliphatic rings. The molecule has 0 spiro atoms. The van der Waals surface area contributed by atoms with Gasteiger partial charge in [-0.15, -0.1) is 0 Å². The van der Waals surface area contributed by atoms with Gasteiger partial charge in [-0.2, -0.15) is 0 Å². The highest BCUT2D eigenvalue weighted by Crippen LogP contribution is 2.26. The van der Waals surface area contributed by atoms with Crippen molar-refractivity contribution in [2.45, 2.75) is 25.8 Å². The van der Waals surface area contributed by atoms with Gasteiger partial charge in [0.25, 0.3) is 5.69 Å². The fourth-order valence-corrected chi connectivity index (χ4v) is 3.22. The zero-order valence-corrected chi connectivity index (χ0v) is 12.5. The Morgan fingerprint density at radius 2 is 2.27 bits per heavy atom. The fraction of sp³-hybridized carbons (Fsp3) is 0.571. The van der Waals surface area contributed by atoms with Crippen LogP contribution >= 0.6 is 0 Å². The molecule has 1 aromatic rings. The zero-order valence-electron chi connectivity index (χ0n) is 12.5. The summed E-state index contributed by atoms with van der Waals surface area (Å²) in [6.45, 7) is 4.85. The van der Waals surface area contributed by atoms with Crippen molar-refractivity contribution in [1.29, 1.82) is 0 Å². The van der Waals surface area contributed by atoms with Gasteiger partial charge in [0, 0.05) is 32.2 Å². The van der Waals surface area contributed by atoms with Gasteiger partial charge >= 0.3 is 6.03 Å². The third-order valence-electron chi connectivity index (χ3n) is 4.27. The summed E-state index contributed by atoms with van der Waals surface area (Å²) in [5, 5.41) is 13.6. The number of pyridine rings is 1. The summed E-state index contributed by atoms with van der Waals surface area (Å²) in [7, 11) is 0. The molecular formula is C14H19N5O3. The van der Waals surface area contributed by atoms with Gasteiger partial charge in [-0.05, 0) is 25.3 Å². The van der Waals surface area contributed by atoms with Crippen LogP contribution in [0.4, 0.5) is 16.3 Å². The Hall–Kier alpha value is -2.38. The fourth-order valence-electron chi connectivity index (χ4n) is 3.22. The molecule has 1 unspecified atom stereocenters. The second-order valence-electron chi connectivity index (χ2n) is 5.76. The van der Waals surface area contributed by atoms with Crippen LogP contribution in [-0.4, -0.2) is 53.1 Å². The smallest absolute Gasteiger partial charge is 0.317 e. The number of hydrogen-bond acceptors (Lipinski definition) is 5. The van der Waals surface area contributed by atoms with E-state index >= 15 is 0 Å². The molecule has 22 heavy (non-hydrogen) atoms. The van der Waals surface area contributed by atoms with Crippen LogP contribution in [-0.2, 0) is 0 Å². The quantitative estimate of drug-likeness (QED) is 0.671. The van der Waals surface area contributed by atoms with Crippen LogP contribution in [0.5, 0.6) is 0 Å². The van der Waals surface area contributed by atoms with E-state index < -0.39 is 4.92 Å². The van der Waals surface area contributed by atoms with Gasteiger partial charge in [-0.1, -0.05) is 0 Å². The number of nitrogens with zero attached hydrogens (tertiary/aromatic N) is 4. The molecule has 2 saturated heterocycles. The predicted octanol–water partition coefficient (Wildman–Crippen LogP) is 1.29. The molecule has 0 aromatic carbocycles. The van der Waals surface area contributed by atoms with E-state index in [1.807, 2.05) is 11.8 Å². The van der Waals surface area contributed by atoms with Crippen LogP contribution < -0.4 is 10.2 Å². The summed E-state index contributed by atoms with van der Waals surface area (Å²) < 4.78 is 0. The number of nitrogens with one attached hydrogen (secondary N) is 1. The standard InChI is InChI=1S/C14H19N5O3/c1-10-7-12(19(21)22)8-16-13(10)17-5-2-3-11(9-17)18-6-4-15-14(18)20/h7-8,11H,2-6,9H2,1H3,(H,15,20). The molecule has 2 aliphatic heterocycles. The monoisotopic (exact) mass is 305 g/mol. The third kappa shape index (κ3) is 2.68. The average Bonchev–Trinajstić information content (AvgIpc) is 2.93. The minimum Gasteiger partial charge on any atom is -0.354 e. The Balaban J connectivity index is 1.77. The number of rotatable bonds is 3. The summed E-state index contributed by atoms with van der Waals surface area (Å²) in [5.74, 6) is 0.773. The van der Waals surface area contributed by atoms with E-state index in [9.17, 15) is 14.9 Å². The number of nitro groups is 1. The molecule has 118 valence electrons. The van der Waals surface area contributed by atoms with Crippen molar-refractivity contribution in [3.8, 4) is 0 Å². The Bertz CT molecular complexity index is 606. The van der Waals surface area contributed by atoms with Crippen LogP contribution in [0.1, 0.15) is 18.4 Å². The van der Waals surface area contributed by atoms with Crippen LogP contribution in [0.25, 0.3) is 0 Å². The number of hydrogen-bond donors (Lipinski definition) is 1. The van der Waals surface area contributed by atoms with Crippen molar-refractivity contribution in [3.05, 3.63) is 27.9 Å².